The maximum absolute atomic E-state index is 11.5. The smallest absolute Gasteiger partial charge is 0.253 e. The molecule has 0 aromatic heterocycles. The molecule has 13 heavy (non-hydrogen) atoms. The zero-order valence-corrected chi connectivity index (χ0v) is 9.06. The van der Waals surface area contributed by atoms with E-state index in [1.807, 2.05) is 0 Å². The molecular weight excluding hydrogens is 206 g/mol. The van der Waals surface area contributed by atoms with Gasteiger partial charge in [-0.3, -0.25) is 4.79 Å². The minimum absolute atomic E-state index is 0.0715. The Morgan fingerprint density at radius 2 is 2.00 bits per heavy atom. The fourth-order valence-corrected chi connectivity index (χ4v) is 1.55. The molecule has 0 unspecified atom stereocenters. The van der Waals surface area contributed by atoms with Crippen LogP contribution in [0.4, 0.5) is 0 Å². The van der Waals surface area contributed by atoms with Gasteiger partial charge in [-0.15, -0.1) is 12.6 Å². The van der Waals surface area contributed by atoms with Gasteiger partial charge in [-0.25, -0.2) is 0 Å². The lowest BCUT2D eigenvalue weighted by Gasteiger charge is -2.10. The van der Waals surface area contributed by atoms with Crippen LogP contribution in [-0.4, -0.2) is 24.9 Å². The zero-order chi connectivity index (χ0) is 10.0. The van der Waals surface area contributed by atoms with Crippen LogP contribution in [0.25, 0.3) is 0 Å². The van der Waals surface area contributed by atoms with Crippen molar-refractivity contribution >= 4 is 30.1 Å². The molecule has 0 radical (unpaired) electrons. The molecule has 0 aliphatic carbocycles. The van der Waals surface area contributed by atoms with Crippen molar-refractivity contribution in [3.63, 3.8) is 0 Å². The van der Waals surface area contributed by atoms with Crippen LogP contribution in [0, 0.1) is 0 Å². The number of hydrogen-bond donors (Lipinski definition) is 1. The zero-order valence-electron chi connectivity index (χ0n) is 7.41. The molecule has 2 nitrogen and oxygen atoms in total. The Labute approximate surface area is 87.9 Å². The predicted molar refractivity (Wildman–Crippen MR) is 56.7 cm³/mol. The topological polar surface area (TPSA) is 20.3 Å². The monoisotopic (exact) mass is 215 g/mol. The van der Waals surface area contributed by atoms with Gasteiger partial charge in [0.1, 0.15) is 0 Å². The van der Waals surface area contributed by atoms with Crippen LogP contribution in [0.2, 0.25) is 5.02 Å². The largest absolute Gasteiger partial charge is 0.345 e. The first-order valence-corrected chi connectivity index (χ1v) is 4.54. The summed E-state index contributed by atoms with van der Waals surface area (Å²) >= 11 is 9.91. The number of thiol groups is 1. The lowest BCUT2D eigenvalue weighted by molar-refractivity contribution is 0.0827. The molecule has 0 fully saturated rings. The van der Waals surface area contributed by atoms with Crippen molar-refractivity contribution in [2.45, 2.75) is 4.90 Å². The molecule has 1 aromatic carbocycles. The predicted octanol–water partition coefficient (Wildman–Crippen LogP) is 2.33. The van der Waals surface area contributed by atoms with Gasteiger partial charge >= 0.3 is 0 Å². The average molecular weight is 216 g/mol. The van der Waals surface area contributed by atoms with Crippen LogP contribution in [0.1, 0.15) is 10.4 Å². The van der Waals surface area contributed by atoms with Gasteiger partial charge < -0.3 is 4.90 Å². The van der Waals surface area contributed by atoms with Gasteiger partial charge in [0.15, 0.2) is 0 Å². The van der Waals surface area contributed by atoms with Gasteiger partial charge in [0.05, 0.1) is 0 Å². The van der Waals surface area contributed by atoms with Crippen LogP contribution in [0.15, 0.2) is 23.1 Å². The molecule has 1 rings (SSSR count). The fourth-order valence-electron chi connectivity index (χ4n) is 0.956. The molecule has 0 aliphatic heterocycles. The average Bonchev–Trinajstić information content (AvgIpc) is 2.01. The van der Waals surface area contributed by atoms with Crippen molar-refractivity contribution in [1.82, 2.24) is 4.90 Å². The second-order valence-electron chi connectivity index (χ2n) is 2.90. The minimum atomic E-state index is -0.0715. The number of hydrogen-bond acceptors (Lipinski definition) is 2. The number of benzene rings is 1. The Hall–Kier alpha value is -0.670. The summed E-state index contributed by atoms with van der Waals surface area (Å²) in [6, 6.07) is 5.01. The quantitative estimate of drug-likeness (QED) is 0.713. The summed E-state index contributed by atoms with van der Waals surface area (Å²) in [5, 5.41) is 0.526. The lowest BCUT2D eigenvalue weighted by atomic mass is 10.2. The summed E-state index contributed by atoms with van der Waals surface area (Å²) in [6.07, 6.45) is 0. The molecule has 0 spiro atoms. The standard InChI is InChI=1S/C9H10ClNOS/c1-11(2)9(12)6-3-7(10)5-8(13)4-6/h3-5,13H,1-2H3. The summed E-state index contributed by atoms with van der Waals surface area (Å²) < 4.78 is 0. The molecule has 0 bridgehead atoms. The third kappa shape index (κ3) is 2.64. The second-order valence-corrected chi connectivity index (χ2v) is 3.85. The van der Waals surface area contributed by atoms with Crippen molar-refractivity contribution in [2.75, 3.05) is 14.1 Å². The van der Waals surface area contributed by atoms with E-state index in [1.54, 1.807) is 32.3 Å². The number of carbonyl (C=O) groups is 1. The van der Waals surface area contributed by atoms with Crippen molar-refractivity contribution in [2.24, 2.45) is 0 Å². The van der Waals surface area contributed by atoms with E-state index in [2.05, 4.69) is 12.6 Å². The first-order chi connectivity index (χ1) is 6.00. The highest BCUT2D eigenvalue weighted by atomic mass is 35.5. The molecule has 0 aliphatic rings. The number of carbonyl (C=O) groups excluding carboxylic acids is 1. The van der Waals surface area contributed by atoms with Crippen molar-refractivity contribution < 1.29 is 4.79 Å². The van der Waals surface area contributed by atoms with Crippen LogP contribution >= 0.6 is 24.2 Å². The second kappa shape index (κ2) is 4.03. The molecular formula is C9H10ClNOS. The van der Waals surface area contributed by atoms with E-state index >= 15 is 0 Å². The van der Waals surface area contributed by atoms with Gasteiger partial charge in [-0.2, -0.15) is 0 Å². The molecule has 0 saturated carbocycles. The minimum Gasteiger partial charge on any atom is -0.345 e. The van der Waals surface area contributed by atoms with E-state index in [9.17, 15) is 4.79 Å². The summed E-state index contributed by atoms with van der Waals surface area (Å²) in [5.41, 5.74) is 0.558. The van der Waals surface area contributed by atoms with Gasteiger partial charge in [-0.1, -0.05) is 11.6 Å². The van der Waals surface area contributed by atoms with Gasteiger partial charge in [0.25, 0.3) is 5.91 Å². The lowest BCUT2D eigenvalue weighted by Crippen LogP contribution is -2.21. The Balaban J connectivity index is 3.08. The van der Waals surface area contributed by atoms with Gasteiger partial charge in [0.2, 0.25) is 0 Å². The maximum Gasteiger partial charge on any atom is 0.253 e. The fraction of sp³-hybridized carbons (Fsp3) is 0.222. The summed E-state index contributed by atoms with van der Waals surface area (Å²) in [4.78, 5) is 13.7. The highest BCUT2D eigenvalue weighted by Crippen LogP contribution is 2.18. The molecule has 1 aromatic rings. The third-order valence-corrected chi connectivity index (χ3v) is 2.01. The maximum atomic E-state index is 11.5. The highest BCUT2D eigenvalue weighted by molar-refractivity contribution is 7.80. The van der Waals surface area contributed by atoms with Crippen molar-refractivity contribution in [3.05, 3.63) is 28.8 Å². The molecule has 70 valence electrons. The molecule has 4 heteroatoms. The SMILES string of the molecule is CN(C)C(=O)c1cc(S)cc(Cl)c1. The number of rotatable bonds is 1. The van der Waals surface area contributed by atoms with E-state index < -0.39 is 0 Å². The normalized spacial score (nSPS) is 9.85. The third-order valence-electron chi connectivity index (χ3n) is 1.54. The number of nitrogens with zero attached hydrogens (tertiary/aromatic N) is 1. The first-order valence-electron chi connectivity index (χ1n) is 3.72. The summed E-state index contributed by atoms with van der Waals surface area (Å²) in [7, 11) is 3.39. The first kappa shape index (κ1) is 10.4. The van der Waals surface area contributed by atoms with Crippen LogP contribution in [0.5, 0.6) is 0 Å². The molecule has 0 saturated heterocycles. The molecule has 0 N–H and O–H groups in total. The van der Waals surface area contributed by atoms with Crippen molar-refractivity contribution in [1.29, 1.82) is 0 Å². The van der Waals surface area contributed by atoms with Crippen molar-refractivity contribution in [3.8, 4) is 0 Å². The van der Waals surface area contributed by atoms with E-state index in [0.717, 1.165) is 0 Å². The number of amides is 1. The van der Waals surface area contributed by atoms with E-state index in [0.29, 0.717) is 15.5 Å². The Morgan fingerprint density at radius 3 is 2.46 bits per heavy atom. The molecule has 0 heterocycles. The van der Waals surface area contributed by atoms with Gasteiger partial charge in [-0.05, 0) is 18.2 Å². The molecule has 0 atom stereocenters. The Morgan fingerprint density at radius 1 is 1.38 bits per heavy atom. The van der Waals surface area contributed by atoms with Crippen LogP contribution < -0.4 is 0 Å². The van der Waals surface area contributed by atoms with E-state index in [-0.39, 0.29) is 5.91 Å². The highest BCUT2D eigenvalue weighted by Gasteiger charge is 2.08. The Kier molecular flexibility index (Phi) is 3.22. The van der Waals surface area contributed by atoms with Crippen LogP contribution in [-0.2, 0) is 0 Å². The number of halogens is 1. The van der Waals surface area contributed by atoms with Gasteiger partial charge in [0, 0.05) is 29.6 Å². The van der Waals surface area contributed by atoms with E-state index in [4.69, 9.17) is 11.6 Å². The summed E-state index contributed by atoms with van der Waals surface area (Å²) in [5.74, 6) is -0.0715. The summed E-state index contributed by atoms with van der Waals surface area (Å²) in [6.45, 7) is 0. The van der Waals surface area contributed by atoms with Crippen LogP contribution in [0.3, 0.4) is 0 Å². The Bertz CT molecular complexity index is 318. The molecule has 1 amide bonds. The van der Waals surface area contributed by atoms with E-state index in [1.165, 1.54) is 4.90 Å².